The number of rotatable bonds is 7. The lowest BCUT2D eigenvalue weighted by atomic mass is 10.1. The Hall–Kier alpha value is -2.93. The first-order chi connectivity index (χ1) is 13.1. The number of nitrogens with one attached hydrogen (secondary N) is 1. The van der Waals surface area contributed by atoms with Gasteiger partial charge in [-0.15, -0.1) is 11.3 Å². The highest BCUT2D eigenvalue weighted by Crippen LogP contribution is 2.28. The summed E-state index contributed by atoms with van der Waals surface area (Å²) in [5, 5.41) is 3.38. The number of carbonyl (C=O) groups excluding carboxylic acids is 2. The summed E-state index contributed by atoms with van der Waals surface area (Å²) in [4.78, 5) is 29.0. The van der Waals surface area contributed by atoms with E-state index >= 15 is 0 Å². The number of hydrogen-bond acceptors (Lipinski definition) is 6. The van der Waals surface area contributed by atoms with Gasteiger partial charge in [-0.25, -0.2) is 9.78 Å². The molecular formula is C20H20N2O4S. The Kier molecular flexibility index (Phi) is 6.03. The van der Waals surface area contributed by atoms with Crippen LogP contribution in [0.5, 0.6) is 0 Å². The summed E-state index contributed by atoms with van der Waals surface area (Å²) >= 11 is 1.26. The van der Waals surface area contributed by atoms with E-state index in [1.54, 1.807) is 19.1 Å². The number of nitrogens with zero attached hydrogens (tertiary/aromatic N) is 1. The topological polar surface area (TPSA) is 81.4 Å². The third kappa shape index (κ3) is 4.83. The van der Waals surface area contributed by atoms with Crippen molar-refractivity contribution in [2.75, 3.05) is 6.61 Å². The normalized spacial score (nSPS) is 10.6. The molecule has 2 heterocycles. The second-order valence-electron chi connectivity index (χ2n) is 5.92. The van der Waals surface area contributed by atoms with Crippen molar-refractivity contribution in [2.45, 2.75) is 26.8 Å². The van der Waals surface area contributed by atoms with Gasteiger partial charge in [0.2, 0.25) is 0 Å². The zero-order valence-corrected chi connectivity index (χ0v) is 16.0. The Labute approximate surface area is 161 Å². The molecule has 7 heteroatoms. The summed E-state index contributed by atoms with van der Waals surface area (Å²) < 4.78 is 10.2. The Balaban J connectivity index is 1.58. The predicted octanol–water partition coefficient (Wildman–Crippen LogP) is 3.75. The Morgan fingerprint density at radius 1 is 1.22 bits per heavy atom. The maximum absolute atomic E-state index is 12.3. The average molecular weight is 384 g/mol. The molecule has 1 amide bonds. The van der Waals surface area contributed by atoms with Crippen molar-refractivity contribution in [1.29, 1.82) is 0 Å². The molecule has 6 nitrogen and oxygen atoms in total. The van der Waals surface area contributed by atoms with E-state index in [2.05, 4.69) is 17.2 Å². The molecule has 0 atom stereocenters. The number of furan rings is 1. The van der Waals surface area contributed by atoms with Gasteiger partial charge < -0.3 is 14.5 Å². The van der Waals surface area contributed by atoms with Crippen molar-refractivity contribution in [3.8, 4) is 10.6 Å². The summed E-state index contributed by atoms with van der Waals surface area (Å²) in [6.07, 6.45) is 2.50. The summed E-state index contributed by atoms with van der Waals surface area (Å²) in [6, 6.07) is 11.6. The molecule has 3 rings (SSSR count). The number of ether oxygens (including phenoxy) is 1. The first kappa shape index (κ1) is 18.8. The molecule has 2 aromatic heterocycles. The van der Waals surface area contributed by atoms with Crippen molar-refractivity contribution >= 4 is 23.2 Å². The van der Waals surface area contributed by atoms with Gasteiger partial charge in [-0.05, 0) is 31.0 Å². The summed E-state index contributed by atoms with van der Waals surface area (Å²) in [7, 11) is 0. The van der Waals surface area contributed by atoms with Gasteiger partial charge in [-0.3, -0.25) is 4.79 Å². The second-order valence-corrected chi connectivity index (χ2v) is 6.92. The van der Waals surface area contributed by atoms with E-state index in [0.29, 0.717) is 16.3 Å². The van der Waals surface area contributed by atoms with Gasteiger partial charge in [0.1, 0.15) is 15.6 Å². The number of aryl methyl sites for hydroxylation is 2. The number of hydrogen-bond donors (Lipinski definition) is 1. The minimum absolute atomic E-state index is 0.251. The van der Waals surface area contributed by atoms with Crippen LogP contribution in [0.4, 0.5) is 0 Å². The number of thiazole rings is 1. The van der Waals surface area contributed by atoms with E-state index in [9.17, 15) is 9.59 Å². The fourth-order valence-electron chi connectivity index (χ4n) is 2.44. The second kappa shape index (κ2) is 8.64. The van der Waals surface area contributed by atoms with Gasteiger partial charge in [0.15, 0.2) is 6.61 Å². The number of benzene rings is 1. The molecule has 0 saturated carbocycles. The highest BCUT2D eigenvalue weighted by atomic mass is 32.1. The largest absolute Gasteiger partial charge is 0.467 e. The summed E-state index contributed by atoms with van der Waals surface area (Å²) in [5.74, 6) is -0.307. The Morgan fingerprint density at radius 3 is 2.67 bits per heavy atom. The van der Waals surface area contributed by atoms with Crippen molar-refractivity contribution in [3.63, 3.8) is 0 Å². The van der Waals surface area contributed by atoms with Gasteiger partial charge in [0.05, 0.1) is 18.5 Å². The summed E-state index contributed by atoms with van der Waals surface area (Å²) in [6.45, 7) is 3.76. The van der Waals surface area contributed by atoms with Gasteiger partial charge in [0.25, 0.3) is 5.91 Å². The van der Waals surface area contributed by atoms with Crippen LogP contribution in [-0.2, 0) is 22.5 Å². The van der Waals surface area contributed by atoms with Crippen LogP contribution >= 0.6 is 11.3 Å². The molecule has 140 valence electrons. The predicted molar refractivity (Wildman–Crippen MR) is 103 cm³/mol. The SMILES string of the molecule is CCc1ccc(-c2nc(C)c(C(=O)OCC(=O)NCc3ccco3)s2)cc1. The zero-order chi connectivity index (χ0) is 19.2. The van der Waals surface area contributed by atoms with Crippen LogP contribution in [0.2, 0.25) is 0 Å². The molecule has 0 aliphatic rings. The van der Waals surface area contributed by atoms with Crippen molar-refractivity contribution < 1.29 is 18.7 Å². The van der Waals surface area contributed by atoms with Gasteiger partial charge >= 0.3 is 5.97 Å². The highest BCUT2D eigenvalue weighted by molar-refractivity contribution is 7.17. The van der Waals surface area contributed by atoms with Gasteiger partial charge in [-0.1, -0.05) is 31.2 Å². The molecule has 0 spiro atoms. The molecule has 0 saturated heterocycles. The molecule has 3 aromatic rings. The van der Waals surface area contributed by atoms with E-state index in [1.165, 1.54) is 23.2 Å². The number of carbonyl (C=O) groups is 2. The highest BCUT2D eigenvalue weighted by Gasteiger charge is 2.18. The molecule has 27 heavy (non-hydrogen) atoms. The fraction of sp³-hybridized carbons (Fsp3) is 0.250. The van der Waals surface area contributed by atoms with Gasteiger partial charge in [-0.2, -0.15) is 0 Å². The summed E-state index contributed by atoms with van der Waals surface area (Å²) in [5.41, 5.74) is 2.79. The standard InChI is InChI=1S/C20H20N2O4S/c1-3-14-6-8-15(9-7-14)19-22-13(2)18(27-19)20(24)26-12-17(23)21-11-16-5-4-10-25-16/h4-10H,3,11-12H2,1-2H3,(H,21,23). The lowest BCUT2D eigenvalue weighted by Crippen LogP contribution is -2.28. The van der Waals surface area contributed by atoms with Crippen LogP contribution in [0.1, 0.15) is 33.6 Å². The maximum Gasteiger partial charge on any atom is 0.350 e. The quantitative estimate of drug-likeness (QED) is 0.628. The van der Waals surface area contributed by atoms with E-state index in [-0.39, 0.29) is 13.2 Å². The monoisotopic (exact) mass is 384 g/mol. The minimum Gasteiger partial charge on any atom is -0.467 e. The zero-order valence-electron chi connectivity index (χ0n) is 15.2. The molecule has 1 aromatic carbocycles. The van der Waals surface area contributed by atoms with Crippen LogP contribution < -0.4 is 5.32 Å². The van der Waals surface area contributed by atoms with Gasteiger partial charge in [0, 0.05) is 5.56 Å². The smallest absolute Gasteiger partial charge is 0.350 e. The molecule has 0 bridgehead atoms. The molecule has 0 aliphatic heterocycles. The Morgan fingerprint density at radius 2 is 2.00 bits per heavy atom. The molecule has 1 N–H and O–H groups in total. The number of amides is 1. The van der Waals surface area contributed by atoms with E-state index in [4.69, 9.17) is 9.15 Å². The van der Waals surface area contributed by atoms with E-state index < -0.39 is 11.9 Å². The van der Waals surface area contributed by atoms with Crippen LogP contribution in [-0.4, -0.2) is 23.5 Å². The third-order valence-corrected chi connectivity index (χ3v) is 5.15. The number of aromatic nitrogens is 1. The van der Waals surface area contributed by atoms with Crippen LogP contribution in [0.15, 0.2) is 47.1 Å². The van der Waals surface area contributed by atoms with Crippen LogP contribution in [0.25, 0.3) is 10.6 Å². The average Bonchev–Trinajstić information content (AvgIpc) is 3.34. The van der Waals surface area contributed by atoms with Crippen molar-refractivity contribution in [2.24, 2.45) is 0 Å². The first-order valence-corrected chi connectivity index (χ1v) is 9.41. The Bertz CT molecular complexity index is 914. The van der Waals surface area contributed by atoms with Crippen LogP contribution in [0, 0.1) is 6.92 Å². The number of esters is 1. The first-order valence-electron chi connectivity index (χ1n) is 8.59. The van der Waals surface area contributed by atoms with Crippen LogP contribution in [0.3, 0.4) is 0 Å². The molecule has 0 fully saturated rings. The lowest BCUT2D eigenvalue weighted by Gasteiger charge is -2.04. The maximum atomic E-state index is 12.3. The molecule has 0 radical (unpaired) electrons. The molecule has 0 aliphatic carbocycles. The molecule has 0 unspecified atom stereocenters. The fourth-order valence-corrected chi connectivity index (χ4v) is 3.40. The van der Waals surface area contributed by atoms with Crippen molar-refractivity contribution in [3.05, 3.63) is 64.6 Å². The minimum atomic E-state index is -0.547. The molecular weight excluding hydrogens is 364 g/mol. The lowest BCUT2D eigenvalue weighted by molar-refractivity contribution is -0.124. The van der Waals surface area contributed by atoms with Crippen molar-refractivity contribution in [1.82, 2.24) is 10.3 Å². The van der Waals surface area contributed by atoms with E-state index in [1.807, 2.05) is 24.3 Å². The van der Waals surface area contributed by atoms with E-state index in [0.717, 1.165) is 17.0 Å². The third-order valence-electron chi connectivity index (χ3n) is 3.97.